The van der Waals surface area contributed by atoms with Crippen molar-refractivity contribution in [1.82, 2.24) is 31.9 Å². The molecule has 50 heavy (non-hydrogen) atoms. The lowest BCUT2D eigenvalue weighted by Crippen LogP contribution is -2.78. The first-order valence-corrected chi connectivity index (χ1v) is 17.1. The number of amides is 4. The van der Waals surface area contributed by atoms with Crippen molar-refractivity contribution in [2.45, 2.75) is 56.3 Å². The Morgan fingerprint density at radius 3 is 2.56 bits per heavy atom. The highest BCUT2D eigenvalue weighted by molar-refractivity contribution is 7.13. The molecule has 4 amide bonds. The summed E-state index contributed by atoms with van der Waals surface area (Å²) in [5, 5.41) is 35.1. The van der Waals surface area contributed by atoms with Crippen molar-refractivity contribution in [1.29, 1.82) is 0 Å². The second-order valence-corrected chi connectivity index (χ2v) is 13.0. The number of hydrogen-bond donors (Lipinski definition) is 11. The first-order valence-electron chi connectivity index (χ1n) is 16.2. The number of fused-ring (bicyclic) bond motifs is 1. The van der Waals surface area contributed by atoms with Gasteiger partial charge in [0.25, 0.3) is 5.91 Å². The Kier molecular flexibility index (Phi) is 12.3. The predicted molar refractivity (Wildman–Crippen MR) is 190 cm³/mol. The summed E-state index contributed by atoms with van der Waals surface area (Å²) in [6.07, 6.45) is -0.609. The number of carboxylic acids is 1. The van der Waals surface area contributed by atoms with Crippen LogP contribution >= 0.6 is 11.3 Å². The summed E-state index contributed by atoms with van der Waals surface area (Å²) in [5.74, 6) is -2.68. The molecule has 0 radical (unpaired) electrons. The van der Waals surface area contributed by atoms with Crippen LogP contribution in [-0.2, 0) is 19.2 Å². The number of benzene rings is 2. The Hall–Kier alpha value is -5.07. The summed E-state index contributed by atoms with van der Waals surface area (Å²) in [6, 6.07) is 14.1. The van der Waals surface area contributed by atoms with Crippen LogP contribution < -0.4 is 54.0 Å². The number of thiophene rings is 1. The normalized spacial score (nSPS) is 20.5. The second kappa shape index (κ2) is 17.0. The molecule has 13 N–H and O–H groups in total. The molecule has 3 aromatic rings. The average Bonchev–Trinajstić information content (AvgIpc) is 3.64. The third-order valence-electron chi connectivity index (χ3n) is 8.27. The number of nitrogens with one attached hydrogen (secondary N) is 8. The molecule has 2 aromatic carbocycles. The van der Waals surface area contributed by atoms with Gasteiger partial charge in [0.05, 0.1) is 17.5 Å². The summed E-state index contributed by atoms with van der Waals surface area (Å²) in [6.45, 7) is 1.31. The number of carbonyl (C=O) groups is 5. The van der Waals surface area contributed by atoms with E-state index in [1.165, 1.54) is 0 Å². The Bertz CT molecular complexity index is 1670. The molecule has 2 fully saturated rings. The highest BCUT2D eigenvalue weighted by Gasteiger charge is 2.39. The van der Waals surface area contributed by atoms with Gasteiger partial charge in [-0.25, -0.2) is 4.79 Å². The van der Waals surface area contributed by atoms with Crippen molar-refractivity contribution >= 4 is 58.0 Å². The SMILES string of the molecule is Nc1ccc(-c2cccs2)cc1NC(=O)CCCNC(=O)CC[C@H](NC(=O)c1ccc(NCC2CNC3NC(N)NC(=O)C3N2)cc1)C(=O)O. The smallest absolute Gasteiger partial charge is 0.326 e. The first-order chi connectivity index (χ1) is 24.0. The minimum atomic E-state index is -1.28. The molecule has 2 aliphatic heterocycles. The monoisotopic (exact) mass is 706 g/mol. The van der Waals surface area contributed by atoms with Crippen LogP contribution in [0.2, 0.25) is 0 Å². The van der Waals surface area contributed by atoms with E-state index in [-0.39, 0.29) is 55.4 Å². The van der Waals surface area contributed by atoms with Crippen LogP contribution in [-0.4, -0.2) is 84.9 Å². The molecule has 1 aromatic heterocycles. The van der Waals surface area contributed by atoms with Crippen molar-refractivity contribution in [3.8, 4) is 10.4 Å². The molecular formula is C33H42N10O6S. The van der Waals surface area contributed by atoms with Crippen LogP contribution in [0.1, 0.15) is 36.0 Å². The third-order valence-corrected chi connectivity index (χ3v) is 9.19. The summed E-state index contributed by atoms with van der Waals surface area (Å²) in [7, 11) is 0. The van der Waals surface area contributed by atoms with E-state index in [9.17, 15) is 29.1 Å². The lowest BCUT2D eigenvalue weighted by atomic mass is 10.1. The van der Waals surface area contributed by atoms with Crippen LogP contribution in [0.25, 0.3) is 10.4 Å². The molecular weight excluding hydrogens is 664 g/mol. The van der Waals surface area contributed by atoms with Crippen LogP contribution in [0.15, 0.2) is 60.0 Å². The van der Waals surface area contributed by atoms with Gasteiger partial charge < -0.3 is 37.4 Å². The number of aliphatic carboxylic acids is 1. The topological polar surface area (TPSA) is 254 Å². The maximum atomic E-state index is 12.8. The summed E-state index contributed by atoms with van der Waals surface area (Å²) in [4.78, 5) is 62.8. The zero-order chi connectivity index (χ0) is 35.6. The molecule has 5 rings (SSSR count). The largest absolute Gasteiger partial charge is 0.480 e. The number of nitrogens with two attached hydrogens (primary N) is 2. The van der Waals surface area contributed by atoms with Crippen molar-refractivity contribution < 1.29 is 29.1 Å². The van der Waals surface area contributed by atoms with Crippen molar-refractivity contribution in [2.75, 3.05) is 36.0 Å². The molecule has 3 heterocycles. The average molecular weight is 707 g/mol. The number of hydrogen-bond acceptors (Lipinski definition) is 12. The molecule has 5 atom stereocenters. The fourth-order valence-electron chi connectivity index (χ4n) is 5.58. The first kappa shape index (κ1) is 36.2. The van der Waals surface area contributed by atoms with Gasteiger partial charge in [-0.15, -0.1) is 11.3 Å². The molecule has 16 nitrogen and oxygen atoms in total. The van der Waals surface area contributed by atoms with Gasteiger partial charge in [-0.3, -0.25) is 40.9 Å². The van der Waals surface area contributed by atoms with Gasteiger partial charge in [-0.05, 0) is 66.2 Å². The number of carbonyl (C=O) groups excluding carboxylic acids is 4. The Morgan fingerprint density at radius 1 is 1.02 bits per heavy atom. The zero-order valence-electron chi connectivity index (χ0n) is 27.2. The summed E-state index contributed by atoms with van der Waals surface area (Å²) >= 11 is 1.58. The highest BCUT2D eigenvalue weighted by atomic mass is 32.1. The lowest BCUT2D eigenvalue weighted by molar-refractivity contribution is -0.139. The fourth-order valence-corrected chi connectivity index (χ4v) is 6.30. The van der Waals surface area contributed by atoms with Gasteiger partial charge in [-0.1, -0.05) is 12.1 Å². The van der Waals surface area contributed by atoms with Crippen LogP contribution in [0.5, 0.6) is 0 Å². The van der Waals surface area contributed by atoms with Crippen LogP contribution in [0.4, 0.5) is 17.1 Å². The van der Waals surface area contributed by atoms with E-state index in [2.05, 4.69) is 42.5 Å². The summed E-state index contributed by atoms with van der Waals surface area (Å²) in [5.41, 5.74) is 14.7. The molecule has 0 bridgehead atoms. The Labute approximate surface area is 292 Å². The van der Waals surface area contributed by atoms with E-state index in [4.69, 9.17) is 11.5 Å². The maximum Gasteiger partial charge on any atom is 0.326 e. The molecule has 0 saturated carbocycles. The van der Waals surface area contributed by atoms with Crippen LogP contribution in [0.3, 0.4) is 0 Å². The number of anilines is 3. The lowest BCUT2D eigenvalue weighted by Gasteiger charge is -2.42. The highest BCUT2D eigenvalue weighted by Crippen LogP contribution is 2.30. The minimum absolute atomic E-state index is 0.0563. The molecule has 266 valence electrons. The molecule has 4 unspecified atom stereocenters. The Balaban J connectivity index is 0.989. The molecule has 0 spiro atoms. The number of rotatable bonds is 15. The quantitative estimate of drug-likeness (QED) is 0.0745. The molecule has 17 heteroatoms. The molecule has 0 aliphatic carbocycles. The molecule has 2 saturated heterocycles. The Morgan fingerprint density at radius 2 is 1.82 bits per heavy atom. The van der Waals surface area contributed by atoms with Gasteiger partial charge >= 0.3 is 5.97 Å². The van der Waals surface area contributed by atoms with Crippen LogP contribution in [0, 0.1) is 0 Å². The van der Waals surface area contributed by atoms with Gasteiger partial charge in [0.1, 0.15) is 18.4 Å². The fraction of sp³-hybridized carbons (Fsp3) is 0.364. The van der Waals surface area contributed by atoms with E-state index in [1.54, 1.807) is 41.7 Å². The third kappa shape index (κ3) is 9.99. The van der Waals surface area contributed by atoms with Crippen molar-refractivity contribution in [3.63, 3.8) is 0 Å². The minimum Gasteiger partial charge on any atom is -0.480 e. The van der Waals surface area contributed by atoms with E-state index >= 15 is 0 Å². The molecule has 2 aliphatic rings. The summed E-state index contributed by atoms with van der Waals surface area (Å²) < 4.78 is 0. The van der Waals surface area contributed by atoms with Gasteiger partial charge in [0, 0.05) is 54.6 Å². The van der Waals surface area contributed by atoms with Gasteiger partial charge in [-0.2, -0.15) is 0 Å². The second-order valence-electron chi connectivity index (χ2n) is 12.0. The van der Waals surface area contributed by atoms with Gasteiger partial charge in [0.15, 0.2) is 0 Å². The standard InChI is InChI=1S/C33H42N10O6S/c34-22-10-7-19(25-3-2-14-50-25)15-24(22)40-27(45)4-1-13-36-26(44)12-11-23(32(48)49)41-30(46)18-5-8-20(9-6-18)37-16-21-17-38-29-28(39-21)31(47)43-33(35)42-29/h2-3,5-10,14-15,21,23,28-29,33,37-39,42H,1,4,11-13,16-17,34-35H2,(H,36,44)(H,40,45)(H,41,46)(H,43,47)(H,48,49)/t21?,23-,28?,29?,33?/m0/s1. The zero-order valence-corrected chi connectivity index (χ0v) is 28.0. The number of carboxylic acid groups (broad SMARTS) is 1. The van der Waals surface area contributed by atoms with Gasteiger partial charge in [0.2, 0.25) is 17.7 Å². The van der Waals surface area contributed by atoms with E-state index in [0.717, 1.165) is 16.1 Å². The number of piperazine rings is 1. The number of nitrogen functional groups attached to an aromatic ring is 1. The van der Waals surface area contributed by atoms with Crippen molar-refractivity contribution in [3.05, 3.63) is 65.5 Å². The van der Waals surface area contributed by atoms with E-state index in [1.807, 2.05) is 29.6 Å². The maximum absolute atomic E-state index is 12.8. The van der Waals surface area contributed by atoms with Crippen molar-refractivity contribution in [2.24, 2.45) is 5.73 Å². The predicted octanol–water partition coefficient (Wildman–Crippen LogP) is 0.125. The van der Waals surface area contributed by atoms with E-state index < -0.39 is 36.2 Å². The van der Waals surface area contributed by atoms with E-state index in [0.29, 0.717) is 30.9 Å².